The number of hydrogen-bond acceptors (Lipinski definition) is 5. The zero-order valence-corrected chi connectivity index (χ0v) is 25.2. The van der Waals surface area contributed by atoms with Crippen LogP contribution in [0.25, 0.3) is 11.1 Å². The summed E-state index contributed by atoms with van der Waals surface area (Å²) in [6, 6.07) is 23.8. The van der Waals surface area contributed by atoms with E-state index in [1.807, 2.05) is 92.4 Å². The van der Waals surface area contributed by atoms with Gasteiger partial charge in [0.15, 0.2) is 0 Å². The van der Waals surface area contributed by atoms with Crippen LogP contribution in [0.4, 0.5) is 0 Å². The summed E-state index contributed by atoms with van der Waals surface area (Å²) in [6.45, 7) is 12.3. The fourth-order valence-corrected chi connectivity index (χ4v) is 4.39. The van der Waals surface area contributed by atoms with Gasteiger partial charge in [-0.05, 0) is 99.0 Å². The van der Waals surface area contributed by atoms with Crippen molar-refractivity contribution >= 4 is 11.9 Å². The van der Waals surface area contributed by atoms with Crippen molar-refractivity contribution in [1.82, 2.24) is 4.90 Å². The second-order valence-corrected chi connectivity index (χ2v) is 10.9. The molecule has 220 valence electrons. The first kappa shape index (κ1) is 31.7. The first-order chi connectivity index (χ1) is 19.8. The van der Waals surface area contributed by atoms with E-state index in [2.05, 4.69) is 19.9 Å². The van der Waals surface area contributed by atoms with E-state index in [1.54, 1.807) is 0 Å². The highest BCUT2D eigenvalue weighted by Crippen LogP contribution is 2.26. The number of hydrogen-bond donors (Lipinski definition) is 0. The van der Waals surface area contributed by atoms with E-state index in [0.717, 1.165) is 47.5 Å². The van der Waals surface area contributed by atoms with Crippen molar-refractivity contribution in [2.24, 2.45) is 5.92 Å². The van der Waals surface area contributed by atoms with Gasteiger partial charge >= 0.3 is 5.97 Å². The Hall–Kier alpha value is -3.80. The molecule has 3 aromatic carbocycles. The fourth-order valence-electron chi connectivity index (χ4n) is 4.39. The van der Waals surface area contributed by atoms with Gasteiger partial charge in [-0.25, -0.2) is 0 Å². The summed E-state index contributed by atoms with van der Waals surface area (Å²) >= 11 is 0. The molecular weight excluding hydrogens is 514 g/mol. The Bertz CT molecular complexity index is 1240. The monoisotopic (exact) mass is 559 g/mol. The molecular formula is C35H45NO5. The van der Waals surface area contributed by atoms with E-state index >= 15 is 0 Å². The van der Waals surface area contributed by atoms with Gasteiger partial charge in [0.05, 0.1) is 19.8 Å². The van der Waals surface area contributed by atoms with Crippen LogP contribution in [0.1, 0.15) is 76.2 Å². The van der Waals surface area contributed by atoms with Crippen molar-refractivity contribution < 1.29 is 23.8 Å². The lowest BCUT2D eigenvalue weighted by Gasteiger charge is -2.27. The number of amides is 1. The molecule has 0 heterocycles. The zero-order valence-electron chi connectivity index (χ0n) is 25.2. The molecule has 1 amide bonds. The lowest BCUT2D eigenvalue weighted by atomic mass is 10.0. The number of esters is 1. The Morgan fingerprint density at radius 3 is 2.17 bits per heavy atom. The minimum absolute atomic E-state index is 0.00603. The quantitative estimate of drug-likeness (QED) is 0.132. The zero-order chi connectivity index (χ0) is 29.6. The summed E-state index contributed by atoms with van der Waals surface area (Å²) in [5.74, 6) is 1.95. The summed E-state index contributed by atoms with van der Waals surface area (Å²) < 4.78 is 16.8. The lowest BCUT2D eigenvalue weighted by molar-refractivity contribution is -0.143. The number of ether oxygens (including phenoxy) is 3. The molecule has 0 saturated heterocycles. The Labute approximate surface area is 245 Å². The van der Waals surface area contributed by atoms with E-state index in [9.17, 15) is 9.59 Å². The summed E-state index contributed by atoms with van der Waals surface area (Å²) in [6.07, 6.45) is 3.02. The Morgan fingerprint density at radius 2 is 1.49 bits per heavy atom. The molecule has 0 N–H and O–H groups in total. The van der Waals surface area contributed by atoms with Gasteiger partial charge in [-0.2, -0.15) is 0 Å². The Kier molecular flexibility index (Phi) is 12.7. The molecule has 0 unspecified atom stereocenters. The van der Waals surface area contributed by atoms with Crippen molar-refractivity contribution in [2.45, 2.75) is 72.9 Å². The van der Waals surface area contributed by atoms with Gasteiger partial charge in [0, 0.05) is 24.6 Å². The van der Waals surface area contributed by atoms with Gasteiger partial charge in [-0.3, -0.25) is 9.59 Å². The fraction of sp³-hybridized carbons (Fsp3) is 0.429. The molecule has 0 aliphatic heterocycles. The van der Waals surface area contributed by atoms with Crippen molar-refractivity contribution in [3.05, 3.63) is 83.9 Å². The van der Waals surface area contributed by atoms with E-state index in [0.29, 0.717) is 44.3 Å². The van der Waals surface area contributed by atoms with E-state index < -0.39 is 0 Å². The average Bonchev–Trinajstić information content (AvgIpc) is 2.97. The van der Waals surface area contributed by atoms with E-state index in [1.165, 1.54) is 0 Å². The predicted octanol–water partition coefficient (Wildman–Crippen LogP) is 7.94. The lowest BCUT2D eigenvalue weighted by Crippen LogP contribution is -2.36. The highest BCUT2D eigenvalue weighted by atomic mass is 16.5. The maximum absolute atomic E-state index is 13.5. The molecule has 0 aliphatic carbocycles. The number of carbonyl (C=O) groups excluding carboxylic acids is 2. The van der Waals surface area contributed by atoms with Crippen molar-refractivity contribution in [1.29, 1.82) is 0 Å². The molecule has 0 aromatic heterocycles. The molecule has 41 heavy (non-hydrogen) atoms. The number of benzene rings is 3. The molecule has 0 spiro atoms. The minimum atomic E-state index is -0.140. The highest BCUT2D eigenvalue weighted by Gasteiger charge is 2.19. The second kappa shape index (κ2) is 16.5. The molecule has 0 bridgehead atoms. The largest absolute Gasteiger partial charge is 0.494 e. The first-order valence-corrected chi connectivity index (χ1v) is 14.8. The van der Waals surface area contributed by atoms with Gasteiger partial charge in [0.25, 0.3) is 5.91 Å². The standard InChI is InChI=1S/C35H45NO5/c1-6-39-34(37)16-8-7-9-21-40-32-14-10-12-28(22-32)24-36(27(4)5)35(38)30-19-17-29(18-20-30)31-13-11-15-33(23-31)41-25-26(2)3/h10-15,17-20,22-23,26-27H,6-9,16,21,24-25H2,1-5H3. The molecule has 6 nitrogen and oxygen atoms in total. The molecule has 0 atom stereocenters. The predicted molar refractivity (Wildman–Crippen MR) is 164 cm³/mol. The smallest absolute Gasteiger partial charge is 0.305 e. The van der Waals surface area contributed by atoms with Crippen molar-refractivity contribution in [3.8, 4) is 22.6 Å². The number of rotatable bonds is 16. The van der Waals surface area contributed by atoms with Gasteiger partial charge in [-0.15, -0.1) is 0 Å². The summed E-state index contributed by atoms with van der Waals surface area (Å²) in [5, 5.41) is 0. The molecule has 0 radical (unpaired) electrons. The topological polar surface area (TPSA) is 65.1 Å². The van der Waals surface area contributed by atoms with Crippen LogP contribution in [0.3, 0.4) is 0 Å². The third-order valence-electron chi connectivity index (χ3n) is 6.62. The SMILES string of the molecule is CCOC(=O)CCCCCOc1cccc(CN(C(=O)c2ccc(-c3cccc(OCC(C)C)c3)cc2)C(C)C)c1. The highest BCUT2D eigenvalue weighted by molar-refractivity contribution is 5.95. The van der Waals surface area contributed by atoms with Crippen LogP contribution < -0.4 is 9.47 Å². The van der Waals surface area contributed by atoms with Crippen LogP contribution in [0.15, 0.2) is 72.8 Å². The first-order valence-electron chi connectivity index (χ1n) is 14.8. The maximum Gasteiger partial charge on any atom is 0.305 e. The van der Waals surface area contributed by atoms with Crippen LogP contribution in [-0.4, -0.2) is 42.6 Å². The number of unbranched alkanes of at least 4 members (excludes halogenated alkanes) is 2. The summed E-state index contributed by atoms with van der Waals surface area (Å²) in [7, 11) is 0. The van der Waals surface area contributed by atoms with E-state index in [-0.39, 0.29) is 17.9 Å². The average molecular weight is 560 g/mol. The van der Waals surface area contributed by atoms with Crippen LogP contribution in [0.2, 0.25) is 0 Å². The van der Waals surface area contributed by atoms with Crippen LogP contribution in [-0.2, 0) is 16.1 Å². The van der Waals surface area contributed by atoms with Crippen LogP contribution >= 0.6 is 0 Å². The minimum Gasteiger partial charge on any atom is -0.494 e. The molecule has 3 aromatic rings. The maximum atomic E-state index is 13.5. The Balaban J connectivity index is 1.58. The van der Waals surface area contributed by atoms with Gasteiger partial charge in [-0.1, -0.05) is 50.2 Å². The van der Waals surface area contributed by atoms with Crippen molar-refractivity contribution in [3.63, 3.8) is 0 Å². The molecule has 0 fully saturated rings. The van der Waals surface area contributed by atoms with Gasteiger partial charge in [0.2, 0.25) is 0 Å². The van der Waals surface area contributed by atoms with Gasteiger partial charge in [0.1, 0.15) is 11.5 Å². The Morgan fingerprint density at radius 1 is 0.780 bits per heavy atom. The molecule has 3 rings (SSSR count). The summed E-state index contributed by atoms with van der Waals surface area (Å²) in [4.78, 5) is 26.9. The summed E-state index contributed by atoms with van der Waals surface area (Å²) in [5.41, 5.74) is 3.77. The number of nitrogens with zero attached hydrogens (tertiary/aromatic N) is 1. The number of carbonyl (C=O) groups is 2. The normalized spacial score (nSPS) is 11.0. The molecule has 0 saturated carbocycles. The molecule has 0 aliphatic rings. The second-order valence-electron chi connectivity index (χ2n) is 10.9. The van der Waals surface area contributed by atoms with Crippen LogP contribution in [0.5, 0.6) is 11.5 Å². The van der Waals surface area contributed by atoms with Crippen LogP contribution in [0, 0.1) is 5.92 Å². The third-order valence-corrected chi connectivity index (χ3v) is 6.62. The van der Waals surface area contributed by atoms with Gasteiger partial charge < -0.3 is 19.1 Å². The van der Waals surface area contributed by atoms with E-state index in [4.69, 9.17) is 14.2 Å². The van der Waals surface area contributed by atoms with Crippen molar-refractivity contribution in [2.75, 3.05) is 19.8 Å². The molecule has 6 heteroatoms. The third kappa shape index (κ3) is 10.6.